The van der Waals surface area contributed by atoms with Crippen molar-refractivity contribution in [2.45, 2.75) is 0 Å². The molecule has 0 saturated heterocycles. The predicted octanol–water partition coefficient (Wildman–Crippen LogP) is 12.6. The van der Waals surface area contributed by atoms with E-state index in [0.717, 1.165) is 66.9 Å². The van der Waals surface area contributed by atoms with Crippen LogP contribution in [0.25, 0.3) is 100 Å². The maximum atomic E-state index is 9.66. The van der Waals surface area contributed by atoms with Crippen molar-refractivity contribution in [3.8, 4) is 62.7 Å². The minimum absolute atomic E-state index is 0.503. The van der Waals surface area contributed by atoms with Crippen molar-refractivity contribution in [3.63, 3.8) is 0 Å². The number of hydrogen-bond donors (Lipinski definition) is 0. The largest absolute Gasteiger partial charge is 0.309 e. The van der Waals surface area contributed by atoms with Crippen molar-refractivity contribution in [3.05, 3.63) is 200 Å². The van der Waals surface area contributed by atoms with Crippen LogP contribution in [-0.2, 0) is 0 Å². The average Bonchev–Trinajstić information content (AvgIpc) is 3.83. The van der Waals surface area contributed by atoms with E-state index in [9.17, 15) is 5.26 Å². The van der Waals surface area contributed by atoms with Crippen LogP contribution in [0.1, 0.15) is 5.56 Å². The Morgan fingerprint density at radius 2 is 0.931 bits per heavy atom. The van der Waals surface area contributed by atoms with Crippen molar-refractivity contribution >= 4 is 43.6 Å². The smallest absolute Gasteiger partial charge is 0.179 e. The summed E-state index contributed by atoms with van der Waals surface area (Å²) in [5, 5.41) is 14.4. The van der Waals surface area contributed by atoms with Gasteiger partial charge in [-0.25, -0.2) is 15.0 Å². The van der Waals surface area contributed by atoms with Crippen molar-refractivity contribution in [2.75, 3.05) is 0 Å². The third-order valence-electron chi connectivity index (χ3n) is 11.0. The minimum atomic E-state index is 0.503. The number of benzene rings is 7. The van der Waals surface area contributed by atoms with Gasteiger partial charge in [-0.1, -0.05) is 127 Å². The van der Waals surface area contributed by atoms with Crippen LogP contribution in [0.2, 0.25) is 0 Å². The van der Waals surface area contributed by atoms with E-state index in [4.69, 9.17) is 15.0 Å². The molecular formula is C52H32N6. The van der Waals surface area contributed by atoms with E-state index < -0.39 is 0 Å². The summed E-state index contributed by atoms with van der Waals surface area (Å²) >= 11 is 0. The van der Waals surface area contributed by atoms with Gasteiger partial charge < -0.3 is 4.57 Å². The number of aromatic nitrogens is 5. The molecule has 0 atom stereocenters. The maximum Gasteiger partial charge on any atom is 0.179 e. The number of nitriles is 1. The van der Waals surface area contributed by atoms with E-state index in [-0.39, 0.29) is 0 Å². The first-order chi connectivity index (χ1) is 28.7. The highest BCUT2D eigenvalue weighted by Gasteiger charge is 2.21. The van der Waals surface area contributed by atoms with Crippen LogP contribution in [0.15, 0.2) is 194 Å². The molecule has 11 rings (SSSR count). The summed E-state index contributed by atoms with van der Waals surface area (Å²) in [6.07, 6.45) is 0. The zero-order valence-corrected chi connectivity index (χ0v) is 31.2. The monoisotopic (exact) mass is 740 g/mol. The summed E-state index contributed by atoms with van der Waals surface area (Å²) in [7, 11) is 0. The van der Waals surface area contributed by atoms with E-state index >= 15 is 0 Å². The molecule has 0 aliphatic rings. The van der Waals surface area contributed by atoms with Gasteiger partial charge in [-0.15, -0.1) is 0 Å². The summed E-state index contributed by atoms with van der Waals surface area (Å²) in [5.74, 6) is 1.27. The Morgan fingerprint density at radius 3 is 1.62 bits per heavy atom. The van der Waals surface area contributed by atoms with Crippen LogP contribution < -0.4 is 0 Å². The fraction of sp³-hybridized carbons (Fsp3) is 0. The molecule has 0 N–H and O–H groups in total. The van der Waals surface area contributed by atoms with E-state index in [2.05, 4.69) is 137 Å². The van der Waals surface area contributed by atoms with Gasteiger partial charge in [0, 0.05) is 38.4 Å². The number of hydrogen-bond acceptors (Lipinski definition) is 4. The number of rotatable bonds is 6. The molecule has 6 heteroatoms. The van der Waals surface area contributed by atoms with Crippen LogP contribution in [0, 0.1) is 11.3 Å². The molecule has 4 heterocycles. The molecule has 4 aromatic heterocycles. The zero-order valence-electron chi connectivity index (χ0n) is 31.2. The first kappa shape index (κ1) is 33.2. The molecule has 6 nitrogen and oxygen atoms in total. The second kappa shape index (κ2) is 13.6. The number of fused-ring (bicyclic) bond motifs is 6. The summed E-state index contributed by atoms with van der Waals surface area (Å²) < 4.78 is 4.62. The Labute approximate surface area is 334 Å². The zero-order chi connectivity index (χ0) is 38.6. The van der Waals surface area contributed by atoms with Crippen LogP contribution in [-0.4, -0.2) is 24.1 Å². The van der Waals surface area contributed by atoms with Crippen molar-refractivity contribution in [1.29, 1.82) is 5.26 Å². The third kappa shape index (κ3) is 5.37. The van der Waals surface area contributed by atoms with Gasteiger partial charge in [-0.2, -0.15) is 5.26 Å². The first-order valence-corrected chi connectivity index (χ1v) is 19.3. The second-order valence-corrected chi connectivity index (χ2v) is 14.3. The van der Waals surface area contributed by atoms with E-state index in [1.54, 1.807) is 6.07 Å². The maximum absolute atomic E-state index is 9.66. The Hall–Kier alpha value is -8.14. The summed E-state index contributed by atoms with van der Waals surface area (Å²) in [5.41, 5.74) is 12.4. The quantitative estimate of drug-likeness (QED) is 0.170. The Kier molecular flexibility index (Phi) is 7.76. The van der Waals surface area contributed by atoms with Gasteiger partial charge in [-0.3, -0.25) is 4.57 Å². The molecule has 0 fully saturated rings. The van der Waals surface area contributed by atoms with Gasteiger partial charge >= 0.3 is 0 Å². The molecule has 58 heavy (non-hydrogen) atoms. The molecule has 270 valence electrons. The highest BCUT2D eigenvalue weighted by molar-refractivity contribution is 6.22. The lowest BCUT2D eigenvalue weighted by molar-refractivity contribution is 1.06. The highest BCUT2D eigenvalue weighted by atomic mass is 15.1. The Bertz CT molecular complexity index is 3410. The van der Waals surface area contributed by atoms with E-state index in [1.165, 1.54) is 21.9 Å². The third-order valence-corrected chi connectivity index (χ3v) is 11.0. The van der Waals surface area contributed by atoms with Gasteiger partial charge in [-0.05, 0) is 77.9 Å². The molecule has 0 radical (unpaired) electrons. The molecule has 0 aliphatic heterocycles. The second-order valence-electron chi connectivity index (χ2n) is 14.3. The Morgan fingerprint density at radius 1 is 0.397 bits per heavy atom. The van der Waals surface area contributed by atoms with Crippen LogP contribution in [0.4, 0.5) is 0 Å². The average molecular weight is 741 g/mol. The van der Waals surface area contributed by atoms with Crippen molar-refractivity contribution in [1.82, 2.24) is 24.1 Å². The van der Waals surface area contributed by atoms with Crippen LogP contribution in [0.5, 0.6) is 0 Å². The molecule has 0 aliphatic carbocycles. The number of nitrogens with zero attached hydrogens (tertiary/aromatic N) is 6. The highest BCUT2D eigenvalue weighted by Crippen LogP contribution is 2.44. The lowest BCUT2D eigenvalue weighted by atomic mass is 9.95. The molecule has 0 amide bonds. The van der Waals surface area contributed by atoms with Gasteiger partial charge in [0.15, 0.2) is 5.82 Å². The Balaban J connectivity index is 1.12. The van der Waals surface area contributed by atoms with Gasteiger partial charge in [0.25, 0.3) is 0 Å². The SMILES string of the molecule is N#Cc1cccc(-c2cc(-c3ccccc3)nc(-c3cccc(-n4c5ccccc5c5c(-c6cccc7c6c6ccccc6n7-c6ccccc6)cccc54)n3)n2)c1. The number of pyridine rings is 1. The summed E-state index contributed by atoms with van der Waals surface area (Å²) in [4.78, 5) is 15.4. The van der Waals surface area contributed by atoms with Gasteiger partial charge in [0.05, 0.1) is 45.1 Å². The fourth-order valence-electron chi connectivity index (χ4n) is 8.48. The molecular weight excluding hydrogens is 709 g/mol. The number of para-hydroxylation sites is 3. The lowest BCUT2D eigenvalue weighted by Crippen LogP contribution is -2.01. The molecule has 0 bridgehead atoms. The molecule has 7 aromatic carbocycles. The lowest BCUT2D eigenvalue weighted by Gasteiger charge is -2.12. The van der Waals surface area contributed by atoms with Crippen molar-refractivity contribution < 1.29 is 0 Å². The molecule has 0 saturated carbocycles. The van der Waals surface area contributed by atoms with Crippen molar-refractivity contribution in [2.24, 2.45) is 0 Å². The van der Waals surface area contributed by atoms with E-state index in [1.807, 2.05) is 66.7 Å². The summed E-state index contributed by atoms with van der Waals surface area (Å²) in [6, 6.07) is 69.0. The minimum Gasteiger partial charge on any atom is -0.309 e. The molecule has 0 unspecified atom stereocenters. The standard InChI is InChI=1S/C52H32N6/c53-33-34-15-11-18-36(31-34)44-32-43(35-16-3-1-4-17-35)55-52(56-44)42-25-14-30-49(54-42)58-46-27-10-8-22-41(46)51-39(24-13-29-48(51)58)38-23-12-28-47-50(38)40-21-7-9-26-45(40)57(47)37-19-5-2-6-20-37/h1-32H. The van der Waals surface area contributed by atoms with Gasteiger partial charge in [0.2, 0.25) is 0 Å². The van der Waals surface area contributed by atoms with Gasteiger partial charge in [0.1, 0.15) is 11.5 Å². The topological polar surface area (TPSA) is 72.3 Å². The van der Waals surface area contributed by atoms with Crippen LogP contribution in [0.3, 0.4) is 0 Å². The molecule has 11 aromatic rings. The fourth-order valence-corrected chi connectivity index (χ4v) is 8.48. The van der Waals surface area contributed by atoms with Crippen LogP contribution >= 0.6 is 0 Å². The first-order valence-electron chi connectivity index (χ1n) is 19.3. The summed E-state index contributed by atoms with van der Waals surface area (Å²) in [6.45, 7) is 0. The normalized spacial score (nSPS) is 11.4. The van der Waals surface area contributed by atoms with E-state index in [0.29, 0.717) is 17.1 Å². The predicted molar refractivity (Wildman–Crippen MR) is 235 cm³/mol. The molecule has 0 spiro atoms.